The molecule has 1 aliphatic carbocycles. The molecular weight excluding hydrogens is 351 g/mol. The lowest BCUT2D eigenvalue weighted by atomic mass is 9.73. The van der Waals surface area contributed by atoms with Crippen molar-refractivity contribution < 1.29 is 9.18 Å². The Bertz CT molecular complexity index is 787. The lowest BCUT2D eigenvalue weighted by Crippen LogP contribution is -2.36. The van der Waals surface area contributed by atoms with Crippen molar-refractivity contribution in [3.05, 3.63) is 40.7 Å². The van der Waals surface area contributed by atoms with E-state index in [1.807, 2.05) is 11.0 Å². The largest absolute Gasteiger partial charge is 0.324 e. The van der Waals surface area contributed by atoms with Gasteiger partial charge in [-0.1, -0.05) is 42.7 Å². The van der Waals surface area contributed by atoms with Crippen molar-refractivity contribution in [2.75, 3.05) is 18.4 Å². The van der Waals surface area contributed by atoms with Crippen molar-refractivity contribution in [1.29, 1.82) is 0 Å². The summed E-state index contributed by atoms with van der Waals surface area (Å²) >= 11 is 1.34. The van der Waals surface area contributed by atoms with Crippen LogP contribution in [0.25, 0.3) is 0 Å². The number of hydrogen-bond donors (Lipinski definition) is 1. The predicted molar refractivity (Wildman–Crippen MR) is 99.8 cm³/mol. The Labute approximate surface area is 156 Å². The molecule has 0 radical (unpaired) electrons. The average molecular weight is 374 g/mol. The van der Waals surface area contributed by atoms with E-state index in [4.69, 9.17) is 0 Å². The zero-order valence-electron chi connectivity index (χ0n) is 14.7. The van der Waals surface area contributed by atoms with Gasteiger partial charge in [0.25, 0.3) is 0 Å². The number of halogens is 1. The third kappa shape index (κ3) is 3.87. The van der Waals surface area contributed by atoms with Crippen molar-refractivity contribution in [3.63, 3.8) is 0 Å². The van der Waals surface area contributed by atoms with E-state index < -0.39 is 0 Å². The lowest BCUT2D eigenvalue weighted by Gasteiger charge is -2.33. The van der Waals surface area contributed by atoms with E-state index in [9.17, 15) is 9.18 Å². The second-order valence-electron chi connectivity index (χ2n) is 7.47. The Morgan fingerprint density at radius 3 is 2.88 bits per heavy atom. The van der Waals surface area contributed by atoms with Crippen LogP contribution in [0.15, 0.2) is 24.3 Å². The summed E-state index contributed by atoms with van der Waals surface area (Å²) in [7, 11) is 0. The van der Waals surface area contributed by atoms with E-state index in [1.165, 1.54) is 55.6 Å². The molecule has 1 spiro atoms. The molecule has 1 saturated carbocycles. The maximum Gasteiger partial charge on any atom is 0.323 e. The van der Waals surface area contributed by atoms with Crippen LogP contribution in [0, 0.1) is 11.2 Å². The van der Waals surface area contributed by atoms with Crippen molar-refractivity contribution >= 4 is 22.5 Å². The minimum Gasteiger partial charge on any atom is -0.324 e. The molecule has 5 nitrogen and oxygen atoms in total. The molecule has 0 bridgehead atoms. The zero-order valence-corrected chi connectivity index (χ0v) is 15.5. The molecule has 0 unspecified atom stereocenters. The van der Waals surface area contributed by atoms with Crippen LogP contribution in [-0.2, 0) is 6.42 Å². The first kappa shape index (κ1) is 17.4. The smallest absolute Gasteiger partial charge is 0.323 e. The number of nitrogens with one attached hydrogen (secondary N) is 1. The van der Waals surface area contributed by atoms with Crippen LogP contribution in [0.4, 0.5) is 14.3 Å². The van der Waals surface area contributed by atoms with Crippen LogP contribution in [0.1, 0.15) is 49.1 Å². The maximum atomic E-state index is 13.3. The lowest BCUT2D eigenvalue weighted by molar-refractivity contribution is 0.184. The number of aromatic nitrogens is 2. The molecule has 138 valence electrons. The molecule has 2 aliphatic rings. The van der Waals surface area contributed by atoms with Gasteiger partial charge in [-0.2, -0.15) is 0 Å². The molecular formula is C19H23FN4OS. The molecule has 1 aliphatic heterocycles. The minimum atomic E-state index is -0.258. The minimum absolute atomic E-state index is 0.0825. The number of carbonyl (C=O) groups excluding carboxylic acids is 1. The Balaban J connectivity index is 1.34. The number of nitrogens with zero attached hydrogens (tertiary/aromatic N) is 3. The van der Waals surface area contributed by atoms with Crippen LogP contribution < -0.4 is 5.32 Å². The fourth-order valence-corrected chi connectivity index (χ4v) is 4.95. The normalized spacial score (nSPS) is 19.0. The topological polar surface area (TPSA) is 58.1 Å². The molecule has 26 heavy (non-hydrogen) atoms. The van der Waals surface area contributed by atoms with Gasteiger partial charge < -0.3 is 4.90 Å². The summed E-state index contributed by atoms with van der Waals surface area (Å²) in [6.45, 7) is 1.68. The van der Waals surface area contributed by atoms with Crippen LogP contribution in [0.3, 0.4) is 0 Å². The van der Waals surface area contributed by atoms with Crippen LogP contribution >= 0.6 is 11.3 Å². The summed E-state index contributed by atoms with van der Waals surface area (Å²) in [5, 5.41) is 12.3. The number of urea groups is 1. The SMILES string of the molecule is O=C(Nc1nnc(Cc2cccc(F)c2)s1)N1CCC2(CCCCC2)C1. The van der Waals surface area contributed by atoms with Gasteiger partial charge in [0, 0.05) is 19.5 Å². The number of rotatable bonds is 3. The highest BCUT2D eigenvalue weighted by Crippen LogP contribution is 2.43. The Morgan fingerprint density at radius 2 is 2.08 bits per heavy atom. The van der Waals surface area contributed by atoms with Crippen molar-refractivity contribution in [3.8, 4) is 0 Å². The van der Waals surface area contributed by atoms with Gasteiger partial charge in [-0.3, -0.25) is 5.32 Å². The number of amides is 2. The van der Waals surface area contributed by atoms with E-state index in [1.54, 1.807) is 6.07 Å². The van der Waals surface area contributed by atoms with Gasteiger partial charge in [-0.05, 0) is 42.4 Å². The van der Waals surface area contributed by atoms with Crippen LogP contribution in [-0.4, -0.2) is 34.2 Å². The van der Waals surface area contributed by atoms with Gasteiger partial charge >= 0.3 is 6.03 Å². The summed E-state index contributed by atoms with van der Waals surface area (Å²) in [6, 6.07) is 6.37. The molecule has 2 amide bonds. The van der Waals surface area contributed by atoms with E-state index in [2.05, 4.69) is 15.5 Å². The average Bonchev–Trinajstić information content (AvgIpc) is 3.23. The van der Waals surface area contributed by atoms with E-state index in [0.29, 0.717) is 17.0 Å². The van der Waals surface area contributed by atoms with Gasteiger partial charge in [-0.15, -0.1) is 10.2 Å². The molecule has 2 heterocycles. The van der Waals surface area contributed by atoms with E-state index >= 15 is 0 Å². The highest BCUT2D eigenvalue weighted by Gasteiger charge is 2.40. The molecule has 1 aromatic heterocycles. The van der Waals surface area contributed by atoms with Crippen LogP contribution in [0.5, 0.6) is 0 Å². The highest BCUT2D eigenvalue weighted by molar-refractivity contribution is 7.15. The summed E-state index contributed by atoms with van der Waals surface area (Å²) in [4.78, 5) is 14.5. The molecule has 7 heteroatoms. The van der Waals surface area contributed by atoms with Gasteiger partial charge in [0.2, 0.25) is 5.13 Å². The molecule has 1 saturated heterocycles. The Hall–Kier alpha value is -2.02. The molecule has 2 aromatic rings. The summed E-state index contributed by atoms with van der Waals surface area (Å²) < 4.78 is 13.3. The van der Waals surface area contributed by atoms with Crippen molar-refractivity contribution in [1.82, 2.24) is 15.1 Å². The van der Waals surface area contributed by atoms with Crippen molar-refractivity contribution in [2.45, 2.75) is 44.9 Å². The fraction of sp³-hybridized carbons (Fsp3) is 0.526. The Morgan fingerprint density at radius 1 is 1.23 bits per heavy atom. The number of benzene rings is 1. The molecule has 4 rings (SSSR count). The second-order valence-corrected chi connectivity index (χ2v) is 8.53. The van der Waals surface area contributed by atoms with Gasteiger partial charge in [-0.25, -0.2) is 9.18 Å². The van der Waals surface area contributed by atoms with Crippen molar-refractivity contribution in [2.24, 2.45) is 5.41 Å². The quantitative estimate of drug-likeness (QED) is 0.863. The first-order chi connectivity index (χ1) is 12.6. The zero-order chi connectivity index (χ0) is 18.0. The third-order valence-electron chi connectivity index (χ3n) is 5.56. The monoisotopic (exact) mass is 374 g/mol. The second kappa shape index (κ2) is 7.31. The molecule has 1 N–H and O–H groups in total. The molecule has 2 fully saturated rings. The standard InChI is InChI=1S/C19H23FN4OS/c20-15-6-4-5-14(11-15)12-16-22-23-17(26-16)21-18(25)24-10-9-19(13-24)7-2-1-3-8-19/h4-6,11H,1-3,7-10,12-13H2,(H,21,23,25). The number of hydrogen-bond acceptors (Lipinski definition) is 4. The number of likely N-dealkylation sites (tertiary alicyclic amines) is 1. The Kier molecular flexibility index (Phi) is 4.89. The number of carbonyl (C=O) groups is 1. The summed E-state index contributed by atoms with van der Waals surface area (Å²) in [5.74, 6) is -0.258. The van der Waals surface area contributed by atoms with Gasteiger partial charge in [0.1, 0.15) is 10.8 Å². The maximum absolute atomic E-state index is 13.3. The number of anilines is 1. The fourth-order valence-electron chi connectivity index (χ4n) is 4.19. The van der Waals surface area contributed by atoms with E-state index in [-0.39, 0.29) is 11.8 Å². The molecule has 1 aromatic carbocycles. The highest BCUT2D eigenvalue weighted by atomic mass is 32.1. The predicted octanol–water partition coefficient (Wildman–Crippen LogP) is 4.46. The first-order valence-electron chi connectivity index (χ1n) is 9.25. The van der Waals surface area contributed by atoms with Gasteiger partial charge in [0.05, 0.1) is 0 Å². The van der Waals surface area contributed by atoms with Crippen LogP contribution in [0.2, 0.25) is 0 Å². The first-order valence-corrected chi connectivity index (χ1v) is 10.1. The summed E-state index contributed by atoms with van der Waals surface area (Å²) in [5.41, 5.74) is 1.19. The summed E-state index contributed by atoms with van der Waals surface area (Å²) in [6.07, 6.45) is 8.01. The van der Waals surface area contributed by atoms with E-state index in [0.717, 1.165) is 30.1 Å². The molecule has 0 atom stereocenters. The third-order valence-corrected chi connectivity index (χ3v) is 6.40. The van der Waals surface area contributed by atoms with Gasteiger partial charge in [0.15, 0.2) is 0 Å².